The fourth-order valence-corrected chi connectivity index (χ4v) is 9.76. The first kappa shape index (κ1) is 36.0. The molecule has 3 fully saturated rings. The van der Waals surface area contributed by atoms with E-state index in [1.165, 1.54) is 76.4 Å². The fraction of sp³-hybridized carbons (Fsp3) is 0.816. The van der Waals surface area contributed by atoms with Gasteiger partial charge >= 0.3 is 5.97 Å². The van der Waals surface area contributed by atoms with Crippen molar-refractivity contribution >= 4 is 17.5 Å². The van der Waals surface area contributed by atoms with Gasteiger partial charge in [0.2, 0.25) is 5.78 Å². The van der Waals surface area contributed by atoms with Gasteiger partial charge in [-0.1, -0.05) is 109 Å². The lowest BCUT2D eigenvalue weighted by Crippen LogP contribution is -2.69. The molecule has 0 heterocycles. The minimum absolute atomic E-state index is 0.0885. The Bertz CT molecular complexity index is 1130. The van der Waals surface area contributed by atoms with Gasteiger partial charge in [0.25, 0.3) is 0 Å². The summed E-state index contributed by atoms with van der Waals surface area (Å²) in [6, 6.07) is 0. The van der Waals surface area contributed by atoms with Crippen LogP contribution in [0.25, 0.3) is 0 Å². The number of ether oxygens (including phenoxy) is 1. The molecule has 4 unspecified atom stereocenters. The molecule has 2 N–H and O–H groups in total. The second kappa shape index (κ2) is 14.9. The smallest absolute Gasteiger partial charge is 0.306 e. The molecule has 45 heavy (non-hydrogen) atoms. The Kier molecular flexibility index (Phi) is 11.9. The molecule has 7 heteroatoms. The van der Waals surface area contributed by atoms with E-state index in [1.54, 1.807) is 26.8 Å². The lowest BCUT2D eigenvalue weighted by molar-refractivity contribution is -0.220. The number of rotatable bonds is 17. The van der Waals surface area contributed by atoms with E-state index in [-0.39, 0.29) is 24.5 Å². The molecule has 3 saturated carbocycles. The van der Waals surface area contributed by atoms with Crippen molar-refractivity contribution in [3.8, 4) is 0 Å². The van der Waals surface area contributed by atoms with Crippen LogP contribution in [-0.4, -0.2) is 51.7 Å². The average molecular weight is 631 g/mol. The highest BCUT2D eigenvalue weighted by atomic mass is 19.1. The number of allylic oxidation sites excluding steroid dienone is 4. The monoisotopic (exact) mass is 630 g/mol. The number of carbonyl (C=O) groups excluding carboxylic acids is 3. The Balaban J connectivity index is 1.24. The minimum Gasteiger partial charge on any atom is -0.458 e. The first-order valence-corrected chi connectivity index (χ1v) is 18.1. The van der Waals surface area contributed by atoms with E-state index >= 15 is 4.39 Å². The normalized spacial score (nSPS) is 37.0. The van der Waals surface area contributed by atoms with Crippen molar-refractivity contribution in [1.29, 1.82) is 0 Å². The van der Waals surface area contributed by atoms with Gasteiger partial charge in [-0.3, -0.25) is 14.4 Å². The standard InChI is InChI=1S/C38H59FO6/c1-5-6-7-8-9-10-11-12-13-14-15-16-17-18-34(43)45-26-33(42)38(44)27(2)23-31-30-20-19-28-24-29(40)21-22-35(28,3)37(30,39)32(41)25-36(31,38)4/h21-22,24,27,30-32,41,44H,5-20,23,25-26H2,1-4H3/t27?,30?,31?,32?,35-,36-,37-,38-/m0/s1. The summed E-state index contributed by atoms with van der Waals surface area (Å²) in [6.45, 7) is 7.08. The summed E-state index contributed by atoms with van der Waals surface area (Å²) in [5.41, 5.74) is -5.36. The van der Waals surface area contributed by atoms with E-state index in [2.05, 4.69) is 6.92 Å². The van der Waals surface area contributed by atoms with Crippen LogP contribution in [0.4, 0.5) is 4.39 Å². The molecule has 0 spiro atoms. The van der Waals surface area contributed by atoms with Crippen LogP contribution in [0.3, 0.4) is 0 Å². The van der Waals surface area contributed by atoms with Crippen molar-refractivity contribution in [3.63, 3.8) is 0 Å². The van der Waals surface area contributed by atoms with E-state index < -0.39 is 58.4 Å². The Hall–Kier alpha value is -1.86. The number of hydrogen-bond donors (Lipinski definition) is 2. The quantitative estimate of drug-likeness (QED) is 0.125. The minimum atomic E-state index is -2.02. The molecular formula is C38H59FO6. The number of alkyl halides is 1. The van der Waals surface area contributed by atoms with Crippen LogP contribution in [0, 0.1) is 28.6 Å². The number of ketones is 2. The third-order valence-electron chi connectivity index (χ3n) is 12.5. The first-order chi connectivity index (χ1) is 21.4. The Morgan fingerprint density at radius 3 is 2.13 bits per heavy atom. The fourth-order valence-electron chi connectivity index (χ4n) is 9.76. The number of esters is 1. The third-order valence-corrected chi connectivity index (χ3v) is 12.5. The van der Waals surface area contributed by atoms with Crippen molar-refractivity contribution < 1.29 is 33.7 Å². The van der Waals surface area contributed by atoms with Crippen LogP contribution in [0.5, 0.6) is 0 Å². The summed E-state index contributed by atoms with van der Waals surface area (Å²) >= 11 is 0. The SMILES string of the molecule is CCCCCCCCCCCCCCCC(=O)OCC(=O)[C@@]1(O)C(C)CC2C3CCC4=CC(=O)C=C[C@]4(C)[C@@]3(F)C(O)C[C@@]21C. The maximum absolute atomic E-state index is 17.3. The Labute approximate surface area is 270 Å². The highest BCUT2D eigenvalue weighted by Gasteiger charge is 2.75. The van der Waals surface area contributed by atoms with Crippen LogP contribution in [0.2, 0.25) is 0 Å². The van der Waals surface area contributed by atoms with Gasteiger partial charge in [0.15, 0.2) is 18.1 Å². The molecule has 0 amide bonds. The van der Waals surface area contributed by atoms with Gasteiger partial charge in [-0.2, -0.15) is 0 Å². The molecule has 0 radical (unpaired) electrons. The summed E-state index contributed by atoms with van der Waals surface area (Å²) in [6.07, 6.45) is 20.4. The summed E-state index contributed by atoms with van der Waals surface area (Å²) in [5, 5.41) is 23.6. The van der Waals surface area contributed by atoms with Gasteiger partial charge in [0.05, 0.1) is 6.10 Å². The lowest BCUT2D eigenvalue weighted by Gasteiger charge is -2.62. The van der Waals surface area contributed by atoms with E-state index in [1.807, 2.05) is 0 Å². The van der Waals surface area contributed by atoms with Crippen LogP contribution in [-0.2, 0) is 19.1 Å². The molecule has 0 aliphatic heterocycles. The number of unbranched alkanes of at least 4 members (excludes halogenated alkanes) is 12. The maximum atomic E-state index is 17.3. The van der Waals surface area contributed by atoms with E-state index in [0.717, 1.165) is 12.8 Å². The Morgan fingerprint density at radius 1 is 0.956 bits per heavy atom. The van der Waals surface area contributed by atoms with Crippen molar-refractivity contribution in [2.45, 2.75) is 161 Å². The number of Topliss-reactive ketones (excluding diaryl/α,β-unsaturated/α-hetero) is 1. The zero-order valence-corrected chi connectivity index (χ0v) is 28.4. The lowest BCUT2D eigenvalue weighted by atomic mass is 9.44. The van der Waals surface area contributed by atoms with Gasteiger partial charge in [-0.15, -0.1) is 0 Å². The topological polar surface area (TPSA) is 101 Å². The molecule has 4 rings (SSSR count). The van der Waals surface area contributed by atoms with E-state index in [4.69, 9.17) is 4.74 Å². The first-order valence-electron chi connectivity index (χ1n) is 18.1. The van der Waals surface area contributed by atoms with Crippen LogP contribution >= 0.6 is 0 Å². The molecule has 0 saturated heterocycles. The van der Waals surface area contributed by atoms with Crippen molar-refractivity contribution in [2.24, 2.45) is 28.6 Å². The van der Waals surface area contributed by atoms with Gasteiger partial charge in [-0.25, -0.2) is 4.39 Å². The van der Waals surface area contributed by atoms with Crippen molar-refractivity contribution in [1.82, 2.24) is 0 Å². The number of hydrogen-bond acceptors (Lipinski definition) is 6. The summed E-state index contributed by atoms with van der Waals surface area (Å²) in [4.78, 5) is 38.2. The predicted molar refractivity (Wildman–Crippen MR) is 174 cm³/mol. The average Bonchev–Trinajstić information content (AvgIpc) is 3.20. The number of halogens is 1. The molecular weight excluding hydrogens is 571 g/mol. The second-order valence-corrected chi connectivity index (χ2v) is 15.2. The number of fused-ring (bicyclic) bond motifs is 5. The van der Waals surface area contributed by atoms with Crippen molar-refractivity contribution in [2.75, 3.05) is 6.61 Å². The highest BCUT2D eigenvalue weighted by molar-refractivity contribution is 6.01. The zero-order chi connectivity index (χ0) is 32.9. The molecule has 8 atom stereocenters. The van der Waals surface area contributed by atoms with E-state index in [9.17, 15) is 24.6 Å². The molecule has 6 nitrogen and oxygen atoms in total. The van der Waals surface area contributed by atoms with Gasteiger partial charge < -0.3 is 14.9 Å². The Morgan fingerprint density at radius 2 is 1.53 bits per heavy atom. The molecule has 254 valence electrons. The predicted octanol–water partition coefficient (Wildman–Crippen LogP) is 7.93. The summed E-state index contributed by atoms with van der Waals surface area (Å²) < 4.78 is 22.7. The third kappa shape index (κ3) is 6.77. The molecule has 4 aliphatic carbocycles. The number of aliphatic hydroxyl groups is 2. The molecule has 0 aromatic carbocycles. The van der Waals surface area contributed by atoms with E-state index in [0.29, 0.717) is 31.3 Å². The molecule has 0 aromatic heterocycles. The number of carbonyl (C=O) groups is 3. The molecule has 0 bridgehead atoms. The zero-order valence-electron chi connectivity index (χ0n) is 28.4. The largest absolute Gasteiger partial charge is 0.458 e. The maximum Gasteiger partial charge on any atom is 0.306 e. The van der Waals surface area contributed by atoms with Gasteiger partial charge in [0, 0.05) is 23.2 Å². The van der Waals surface area contributed by atoms with Crippen LogP contribution in [0.15, 0.2) is 23.8 Å². The van der Waals surface area contributed by atoms with Crippen molar-refractivity contribution in [3.05, 3.63) is 23.8 Å². The van der Waals surface area contributed by atoms with Crippen LogP contribution in [0.1, 0.15) is 143 Å². The van der Waals surface area contributed by atoms with Gasteiger partial charge in [0.1, 0.15) is 5.60 Å². The molecule has 0 aromatic rings. The van der Waals surface area contributed by atoms with Gasteiger partial charge in [-0.05, 0) is 63.0 Å². The highest BCUT2D eigenvalue weighted by Crippen LogP contribution is 2.70. The number of aliphatic hydroxyl groups excluding tert-OH is 1. The second-order valence-electron chi connectivity index (χ2n) is 15.2. The van der Waals surface area contributed by atoms with Crippen LogP contribution < -0.4 is 0 Å². The molecule has 4 aliphatic rings. The summed E-state index contributed by atoms with van der Waals surface area (Å²) in [7, 11) is 0. The summed E-state index contributed by atoms with van der Waals surface area (Å²) in [5.74, 6) is -2.59.